The number of hydrogen-bond donors (Lipinski definition) is 5. The number of nitrogens with one attached hydrogen (secondary N) is 1. The van der Waals surface area contributed by atoms with Crippen molar-refractivity contribution in [1.29, 1.82) is 0 Å². The van der Waals surface area contributed by atoms with Crippen LogP contribution in [0.1, 0.15) is 42.5 Å². The third-order valence-corrected chi connectivity index (χ3v) is 2.37. The third kappa shape index (κ3) is 28.1. The number of carbonyl (C=O) groups excluding carboxylic acids is 3. The van der Waals surface area contributed by atoms with E-state index in [1.807, 2.05) is 0 Å². The van der Waals surface area contributed by atoms with Crippen molar-refractivity contribution >= 4 is 35.2 Å². The second-order valence-electron chi connectivity index (χ2n) is 5.42. The summed E-state index contributed by atoms with van der Waals surface area (Å²) in [6, 6.07) is 12.7. The Morgan fingerprint density at radius 3 is 1.28 bits per heavy atom. The molecule has 10 heteroatoms. The van der Waals surface area contributed by atoms with Crippen LogP contribution in [0.2, 0.25) is 0 Å². The topological polar surface area (TPSA) is 176 Å². The van der Waals surface area contributed by atoms with Crippen LogP contribution in [0.3, 0.4) is 0 Å². The van der Waals surface area contributed by atoms with E-state index >= 15 is 0 Å². The van der Waals surface area contributed by atoms with Gasteiger partial charge in [0.1, 0.15) is 11.5 Å². The van der Waals surface area contributed by atoms with Crippen molar-refractivity contribution in [2.24, 2.45) is 0 Å². The number of aliphatic carboxylic acids is 1. The maximum absolute atomic E-state index is 10.5. The number of ether oxygens (including phenoxy) is 1. The first-order valence-corrected chi connectivity index (χ1v) is 8.33. The maximum atomic E-state index is 10.5. The van der Waals surface area contributed by atoms with Crippen molar-refractivity contribution in [1.82, 2.24) is 0 Å². The fourth-order valence-electron chi connectivity index (χ4n) is 1.42. The van der Waals surface area contributed by atoms with Gasteiger partial charge in [0.2, 0.25) is 5.91 Å². The Hall–Kier alpha value is -4.08. The molecule has 0 saturated heterocycles. The highest BCUT2D eigenvalue weighted by Gasteiger charge is 1.94. The number of carboxylic acid groups (broad SMARTS) is 1. The van der Waals surface area contributed by atoms with E-state index in [1.165, 1.54) is 32.9 Å². The Morgan fingerprint density at radius 2 is 1.06 bits per heavy atom. The summed E-state index contributed by atoms with van der Waals surface area (Å²) in [6.07, 6.45) is 0. The van der Waals surface area contributed by atoms with Gasteiger partial charge in [-0.15, -0.1) is 0 Å². The molecule has 0 heterocycles. The van der Waals surface area contributed by atoms with E-state index in [1.54, 1.807) is 36.4 Å². The molecular weight excluding hydrogens is 420 g/mol. The van der Waals surface area contributed by atoms with Crippen LogP contribution in [0.5, 0.6) is 11.5 Å². The van der Waals surface area contributed by atoms with Gasteiger partial charge >= 0.3 is 11.9 Å². The summed E-state index contributed by atoms with van der Waals surface area (Å²) in [4.78, 5) is 39.1. The lowest BCUT2D eigenvalue weighted by Gasteiger charge is -1.99. The standard InChI is InChI=1S/C8H9NO2.C6H7NO.C4H6O3.C2H4O2.2CH4/c1-6(10)9-7-2-4-8(11)5-3-7;7-5-1-3-6(8)4-2-5;1-3(5)7-4(2)6;1-2(3)4;;/h2-5,11H,1H3,(H,9,10);1-4,8H,7H2;1-2H3;1H3,(H,3,4);2*1H4. The van der Waals surface area contributed by atoms with Crippen LogP contribution in [0, 0.1) is 0 Å². The van der Waals surface area contributed by atoms with Crippen LogP contribution in [0.4, 0.5) is 11.4 Å². The van der Waals surface area contributed by atoms with Gasteiger partial charge in [0.25, 0.3) is 5.97 Å². The van der Waals surface area contributed by atoms with E-state index in [2.05, 4.69) is 10.1 Å². The van der Waals surface area contributed by atoms with Gasteiger partial charge in [0.15, 0.2) is 0 Å². The zero-order valence-electron chi connectivity index (χ0n) is 17.1. The van der Waals surface area contributed by atoms with Gasteiger partial charge in [0.05, 0.1) is 0 Å². The van der Waals surface area contributed by atoms with Gasteiger partial charge in [-0.2, -0.15) is 0 Å². The number of esters is 2. The summed E-state index contributed by atoms with van der Waals surface area (Å²) in [6.45, 7) is 4.88. The number of nitrogen functional groups attached to an aromatic ring is 1. The molecule has 32 heavy (non-hydrogen) atoms. The molecule has 0 bridgehead atoms. The van der Waals surface area contributed by atoms with Gasteiger partial charge in [-0.1, -0.05) is 14.9 Å². The monoisotopic (exact) mass is 454 g/mol. The predicted molar refractivity (Wildman–Crippen MR) is 124 cm³/mol. The lowest BCUT2D eigenvalue weighted by atomic mass is 10.3. The summed E-state index contributed by atoms with van der Waals surface area (Å²) in [7, 11) is 0. The molecule has 6 N–H and O–H groups in total. The van der Waals surface area contributed by atoms with Gasteiger partial charge in [-0.25, -0.2) is 0 Å². The summed E-state index contributed by atoms with van der Waals surface area (Å²) < 4.78 is 3.97. The van der Waals surface area contributed by atoms with Gasteiger partial charge in [0, 0.05) is 39.1 Å². The SMILES string of the molecule is C.C.CC(=O)Nc1ccc(O)cc1.CC(=O)O.CC(=O)OC(C)=O.Nc1ccc(O)cc1. The largest absolute Gasteiger partial charge is 0.508 e. The number of anilines is 2. The highest BCUT2D eigenvalue weighted by molar-refractivity contribution is 5.88. The zero-order chi connectivity index (χ0) is 23.7. The molecule has 0 aliphatic carbocycles. The van der Waals surface area contributed by atoms with Crippen LogP contribution in [0.25, 0.3) is 0 Å². The minimum atomic E-state index is -0.833. The molecule has 2 aromatic carbocycles. The van der Waals surface area contributed by atoms with Crippen LogP contribution in [-0.2, 0) is 23.9 Å². The molecule has 2 aromatic rings. The third-order valence-electron chi connectivity index (χ3n) is 2.37. The van der Waals surface area contributed by atoms with Crippen molar-refractivity contribution in [3.05, 3.63) is 48.5 Å². The van der Waals surface area contributed by atoms with E-state index in [4.69, 9.17) is 25.8 Å². The summed E-state index contributed by atoms with van der Waals surface area (Å²) >= 11 is 0. The number of carbonyl (C=O) groups is 4. The highest BCUT2D eigenvalue weighted by atomic mass is 16.6. The molecule has 2 rings (SSSR count). The van der Waals surface area contributed by atoms with Crippen molar-refractivity contribution < 1.29 is 39.2 Å². The van der Waals surface area contributed by atoms with Gasteiger partial charge in [-0.05, 0) is 48.5 Å². The number of phenols is 2. The van der Waals surface area contributed by atoms with Crippen molar-refractivity contribution in [2.75, 3.05) is 11.1 Å². The Bertz CT molecular complexity index is 767. The normalized spacial score (nSPS) is 7.88. The number of amides is 1. The number of rotatable bonds is 1. The van der Waals surface area contributed by atoms with Crippen molar-refractivity contribution in [3.8, 4) is 11.5 Å². The van der Waals surface area contributed by atoms with E-state index < -0.39 is 17.9 Å². The summed E-state index contributed by atoms with van der Waals surface area (Å²) in [5, 5.41) is 27.6. The number of phenolic OH excluding ortho intramolecular Hbond substituents is 2. The number of hydrogen-bond acceptors (Lipinski definition) is 8. The molecule has 1 amide bonds. The quantitative estimate of drug-likeness (QED) is 0.186. The minimum absolute atomic E-state index is 0. The smallest absolute Gasteiger partial charge is 0.310 e. The van der Waals surface area contributed by atoms with Gasteiger partial charge in [-0.3, -0.25) is 19.2 Å². The Kier molecular flexibility index (Phi) is 22.3. The molecule has 0 aliphatic rings. The first-order chi connectivity index (χ1) is 13.8. The van der Waals surface area contributed by atoms with Crippen molar-refractivity contribution in [3.63, 3.8) is 0 Å². The van der Waals surface area contributed by atoms with Crippen molar-refractivity contribution in [2.45, 2.75) is 42.5 Å². The Labute approximate surface area is 188 Å². The molecule has 0 atom stereocenters. The maximum Gasteiger partial charge on any atom is 0.310 e. The molecule has 180 valence electrons. The van der Waals surface area contributed by atoms with Crippen LogP contribution >= 0.6 is 0 Å². The molecule has 0 fully saturated rings. The number of benzene rings is 2. The van der Waals surface area contributed by atoms with Crippen LogP contribution in [-0.4, -0.2) is 39.1 Å². The Balaban J connectivity index is -0.000000169. The summed E-state index contributed by atoms with van der Waals surface area (Å²) in [5.74, 6) is -1.63. The van der Waals surface area contributed by atoms with E-state index in [0.29, 0.717) is 11.4 Å². The minimum Gasteiger partial charge on any atom is -0.508 e. The molecular formula is C22H34N2O8. The second-order valence-corrected chi connectivity index (χ2v) is 5.42. The molecule has 10 nitrogen and oxygen atoms in total. The first kappa shape index (κ1) is 35.4. The number of carboxylic acids is 1. The van der Waals surface area contributed by atoms with Crippen LogP contribution < -0.4 is 11.1 Å². The number of nitrogens with two attached hydrogens (primary N) is 1. The molecule has 0 aromatic heterocycles. The highest BCUT2D eigenvalue weighted by Crippen LogP contribution is 2.13. The molecule has 0 saturated carbocycles. The second kappa shape index (κ2) is 20.2. The average Bonchev–Trinajstić information content (AvgIpc) is 2.59. The Morgan fingerprint density at radius 1 is 0.750 bits per heavy atom. The number of aromatic hydroxyl groups is 2. The average molecular weight is 455 g/mol. The van der Waals surface area contributed by atoms with E-state index in [0.717, 1.165) is 6.92 Å². The molecule has 0 spiro atoms. The van der Waals surface area contributed by atoms with Gasteiger partial charge < -0.3 is 31.1 Å². The molecule has 0 unspecified atom stereocenters. The lowest BCUT2D eigenvalue weighted by Crippen LogP contribution is -2.04. The van der Waals surface area contributed by atoms with E-state index in [-0.39, 0.29) is 32.3 Å². The predicted octanol–water partition coefficient (Wildman–Crippen LogP) is 3.78. The fourth-order valence-corrected chi connectivity index (χ4v) is 1.42. The van der Waals surface area contributed by atoms with E-state index in [9.17, 15) is 14.4 Å². The lowest BCUT2D eigenvalue weighted by molar-refractivity contribution is -0.156. The molecule has 0 aliphatic heterocycles. The van der Waals surface area contributed by atoms with Crippen LogP contribution in [0.15, 0.2) is 48.5 Å². The first-order valence-electron chi connectivity index (χ1n) is 8.33. The summed E-state index contributed by atoms with van der Waals surface area (Å²) in [5.41, 5.74) is 6.67. The molecule has 0 radical (unpaired) electrons. The zero-order valence-corrected chi connectivity index (χ0v) is 17.1. The fraction of sp³-hybridized carbons (Fsp3) is 0.273.